The third kappa shape index (κ3) is 5.23. The van der Waals surface area contributed by atoms with Crippen LogP contribution in [0.5, 0.6) is 5.88 Å². The number of ether oxygens (including phenoxy) is 1. The molecule has 0 saturated carbocycles. The van der Waals surface area contributed by atoms with Gasteiger partial charge in [0.25, 0.3) is 5.56 Å². The van der Waals surface area contributed by atoms with Crippen LogP contribution in [-0.2, 0) is 4.79 Å². The van der Waals surface area contributed by atoms with Crippen LogP contribution in [-0.4, -0.2) is 34.1 Å². The number of aliphatic hydroxyl groups is 1. The third-order valence-corrected chi connectivity index (χ3v) is 2.48. The maximum Gasteiger partial charge on any atom is 0.328 e. The quantitative estimate of drug-likeness (QED) is 0.466. The van der Waals surface area contributed by atoms with E-state index in [1.807, 2.05) is 0 Å². The van der Waals surface area contributed by atoms with Gasteiger partial charge in [-0.3, -0.25) is 19.6 Å². The van der Waals surface area contributed by atoms with Crippen molar-refractivity contribution in [2.24, 2.45) is 0 Å². The second kappa shape index (κ2) is 8.11. The van der Waals surface area contributed by atoms with E-state index in [-0.39, 0.29) is 23.8 Å². The summed E-state index contributed by atoms with van der Waals surface area (Å²) >= 11 is 0. The van der Waals surface area contributed by atoms with E-state index in [1.165, 1.54) is 19.1 Å². The first kappa shape index (κ1) is 15.9. The first-order valence-electron chi connectivity index (χ1n) is 6.33. The molecule has 0 saturated heterocycles. The first-order valence-corrected chi connectivity index (χ1v) is 6.33. The number of unbranched alkanes of at least 4 members (excludes halogenated alkanes) is 2. The number of allylic oxidation sites excluding steroid dienone is 1. The van der Waals surface area contributed by atoms with Gasteiger partial charge in [0.05, 0.1) is 6.61 Å². The highest BCUT2D eigenvalue weighted by atomic mass is 16.5. The van der Waals surface area contributed by atoms with Gasteiger partial charge in [0, 0.05) is 6.61 Å². The number of aliphatic hydroxyl groups excluding tert-OH is 1. The molecule has 0 aliphatic carbocycles. The van der Waals surface area contributed by atoms with E-state index < -0.39 is 11.2 Å². The minimum absolute atomic E-state index is 0.0419. The zero-order chi connectivity index (χ0) is 15.0. The molecule has 0 aliphatic rings. The summed E-state index contributed by atoms with van der Waals surface area (Å²) in [4.78, 5) is 38.2. The van der Waals surface area contributed by atoms with E-state index in [9.17, 15) is 14.4 Å². The summed E-state index contributed by atoms with van der Waals surface area (Å²) in [5, 5.41) is 8.65. The molecule has 1 rings (SSSR count). The lowest BCUT2D eigenvalue weighted by molar-refractivity contribution is -0.112. The summed E-state index contributed by atoms with van der Waals surface area (Å²) in [6, 6.07) is 0. The van der Waals surface area contributed by atoms with Gasteiger partial charge in [-0.2, -0.15) is 0 Å². The van der Waals surface area contributed by atoms with E-state index in [0.717, 1.165) is 6.42 Å². The number of H-pyrrole nitrogens is 2. The summed E-state index contributed by atoms with van der Waals surface area (Å²) in [7, 11) is 0. The number of aromatic amines is 2. The molecule has 20 heavy (non-hydrogen) atoms. The number of carbonyl (C=O) groups is 1. The molecular formula is C13H18N2O5. The molecule has 0 fully saturated rings. The Balaban J connectivity index is 2.84. The average molecular weight is 282 g/mol. The smallest absolute Gasteiger partial charge is 0.328 e. The highest BCUT2D eigenvalue weighted by Crippen LogP contribution is 2.11. The fraction of sp³-hybridized carbons (Fsp3) is 0.462. The van der Waals surface area contributed by atoms with Crippen LogP contribution in [0.25, 0.3) is 6.08 Å². The van der Waals surface area contributed by atoms with Crippen molar-refractivity contribution >= 4 is 11.9 Å². The number of hydrogen-bond donors (Lipinski definition) is 3. The fourth-order valence-corrected chi connectivity index (χ4v) is 1.51. The third-order valence-electron chi connectivity index (χ3n) is 2.48. The molecule has 0 amide bonds. The van der Waals surface area contributed by atoms with E-state index in [0.29, 0.717) is 19.4 Å². The molecule has 0 aliphatic heterocycles. The lowest BCUT2D eigenvalue weighted by Gasteiger charge is -2.07. The number of hydrogen-bond acceptors (Lipinski definition) is 5. The van der Waals surface area contributed by atoms with Crippen molar-refractivity contribution < 1.29 is 14.6 Å². The Bertz CT molecular complexity index is 585. The standard InChI is InChI=1S/C13H18N2O5/c1-9(17)5-6-10-11(18)14-13(19)15-12(10)20-8-4-2-3-7-16/h5-6,16H,2-4,7-8H2,1H3,(H2,14,15,18,19)/b6-5+. The van der Waals surface area contributed by atoms with E-state index in [4.69, 9.17) is 9.84 Å². The predicted molar refractivity (Wildman–Crippen MR) is 73.8 cm³/mol. The predicted octanol–water partition coefficient (Wildman–Crippen LogP) is 0.207. The Kier molecular flexibility index (Phi) is 6.45. The van der Waals surface area contributed by atoms with Crippen LogP contribution in [0.2, 0.25) is 0 Å². The van der Waals surface area contributed by atoms with Gasteiger partial charge in [-0.25, -0.2) is 4.79 Å². The summed E-state index contributed by atoms with van der Waals surface area (Å²) in [5.41, 5.74) is -1.18. The number of nitrogens with one attached hydrogen (secondary N) is 2. The van der Waals surface area contributed by atoms with Gasteiger partial charge in [0.2, 0.25) is 5.88 Å². The van der Waals surface area contributed by atoms with Crippen LogP contribution in [0.1, 0.15) is 31.7 Å². The zero-order valence-electron chi connectivity index (χ0n) is 11.3. The summed E-state index contributed by atoms with van der Waals surface area (Å²) in [5.74, 6) is -0.176. The SMILES string of the molecule is CC(=O)/C=C/c1c(OCCCCCO)[nH]c(=O)[nH]c1=O. The highest BCUT2D eigenvalue weighted by Gasteiger charge is 2.08. The minimum Gasteiger partial charge on any atom is -0.478 e. The van der Waals surface area contributed by atoms with E-state index in [1.54, 1.807) is 0 Å². The lowest BCUT2D eigenvalue weighted by atomic mass is 10.2. The van der Waals surface area contributed by atoms with Crippen molar-refractivity contribution in [1.29, 1.82) is 0 Å². The van der Waals surface area contributed by atoms with Gasteiger partial charge in [0.15, 0.2) is 5.78 Å². The normalized spacial score (nSPS) is 10.9. The van der Waals surface area contributed by atoms with Crippen LogP contribution >= 0.6 is 0 Å². The van der Waals surface area contributed by atoms with Crippen molar-refractivity contribution in [2.75, 3.05) is 13.2 Å². The second-order valence-electron chi connectivity index (χ2n) is 4.23. The summed E-state index contributed by atoms with van der Waals surface area (Å²) in [6.45, 7) is 1.78. The Morgan fingerprint density at radius 3 is 2.65 bits per heavy atom. The largest absolute Gasteiger partial charge is 0.478 e. The first-order chi connectivity index (χ1) is 9.54. The number of aromatic nitrogens is 2. The van der Waals surface area contributed by atoms with Gasteiger partial charge in [-0.15, -0.1) is 0 Å². The fourth-order valence-electron chi connectivity index (χ4n) is 1.51. The maximum absolute atomic E-state index is 11.7. The van der Waals surface area contributed by atoms with Gasteiger partial charge < -0.3 is 9.84 Å². The number of carbonyl (C=O) groups excluding carboxylic acids is 1. The summed E-state index contributed by atoms with van der Waals surface area (Å²) in [6.07, 6.45) is 4.67. The van der Waals surface area contributed by atoms with Crippen molar-refractivity contribution in [3.8, 4) is 5.88 Å². The molecule has 0 unspecified atom stereocenters. The van der Waals surface area contributed by atoms with Crippen molar-refractivity contribution in [3.63, 3.8) is 0 Å². The van der Waals surface area contributed by atoms with Crippen molar-refractivity contribution in [2.45, 2.75) is 26.2 Å². The van der Waals surface area contributed by atoms with Crippen molar-refractivity contribution in [3.05, 3.63) is 32.5 Å². The Labute approximate surface area is 115 Å². The average Bonchev–Trinajstić information content (AvgIpc) is 2.36. The number of rotatable bonds is 8. The Morgan fingerprint density at radius 1 is 1.25 bits per heavy atom. The molecule has 0 atom stereocenters. The van der Waals surface area contributed by atoms with Crippen LogP contribution in [0.15, 0.2) is 15.7 Å². The van der Waals surface area contributed by atoms with E-state index in [2.05, 4.69) is 9.97 Å². The molecule has 1 heterocycles. The van der Waals surface area contributed by atoms with E-state index >= 15 is 0 Å². The zero-order valence-corrected chi connectivity index (χ0v) is 11.3. The van der Waals surface area contributed by atoms with Crippen LogP contribution in [0.3, 0.4) is 0 Å². The van der Waals surface area contributed by atoms with Gasteiger partial charge >= 0.3 is 5.69 Å². The monoisotopic (exact) mass is 282 g/mol. The number of ketones is 1. The summed E-state index contributed by atoms with van der Waals surface area (Å²) < 4.78 is 5.36. The lowest BCUT2D eigenvalue weighted by Crippen LogP contribution is -2.25. The molecular weight excluding hydrogens is 264 g/mol. The van der Waals surface area contributed by atoms with Gasteiger partial charge in [-0.1, -0.05) is 0 Å². The van der Waals surface area contributed by atoms with Crippen LogP contribution in [0, 0.1) is 0 Å². The molecule has 0 spiro atoms. The Hall–Kier alpha value is -2.15. The highest BCUT2D eigenvalue weighted by molar-refractivity contribution is 5.91. The molecule has 7 heteroatoms. The molecule has 1 aromatic rings. The van der Waals surface area contributed by atoms with Gasteiger partial charge in [-0.05, 0) is 38.3 Å². The molecule has 0 radical (unpaired) electrons. The molecule has 0 aromatic carbocycles. The second-order valence-corrected chi connectivity index (χ2v) is 4.23. The minimum atomic E-state index is -0.666. The van der Waals surface area contributed by atoms with Gasteiger partial charge in [0.1, 0.15) is 5.56 Å². The van der Waals surface area contributed by atoms with Crippen LogP contribution in [0.4, 0.5) is 0 Å². The topological polar surface area (TPSA) is 112 Å². The molecule has 3 N–H and O–H groups in total. The maximum atomic E-state index is 11.7. The molecule has 110 valence electrons. The van der Waals surface area contributed by atoms with Crippen LogP contribution < -0.4 is 16.0 Å². The van der Waals surface area contributed by atoms with Crippen molar-refractivity contribution in [1.82, 2.24) is 9.97 Å². The molecule has 0 bridgehead atoms. The molecule has 7 nitrogen and oxygen atoms in total. The molecule has 1 aromatic heterocycles. The Morgan fingerprint density at radius 2 is 2.00 bits per heavy atom.